The van der Waals surface area contributed by atoms with Crippen LogP contribution in [0.1, 0.15) is 13.3 Å². The highest BCUT2D eigenvalue weighted by Crippen LogP contribution is 2.14. The van der Waals surface area contributed by atoms with E-state index in [0.29, 0.717) is 0 Å². The van der Waals surface area contributed by atoms with E-state index in [9.17, 15) is 0 Å². The van der Waals surface area contributed by atoms with Gasteiger partial charge in [-0.1, -0.05) is 13.3 Å². The van der Waals surface area contributed by atoms with Gasteiger partial charge in [0.1, 0.15) is 0 Å². The third-order valence-electron chi connectivity index (χ3n) is 1.57. The normalized spacial score (nSPS) is 14.5. The van der Waals surface area contributed by atoms with Gasteiger partial charge in [0.25, 0.3) is 0 Å². The maximum Gasteiger partial charge on any atom is 0.668 e. The van der Waals surface area contributed by atoms with Crippen molar-refractivity contribution < 1.29 is 17.4 Å². The van der Waals surface area contributed by atoms with Crippen LogP contribution in [0.5, 0.6) is 0 Å². The maximum atomic E-state index is 5.60. The van der Waals surface area contributed by atoms with Crippen LogP contribution in [-0.2, 0) is 17.4 Å². The van der Waals surface area contributed by atoms with E-state index in [-0.39, 0.29) is 0 Å². The molecule has 0 aromatic carbocycles. The Morgan fingerprint density at radius 1 is 1.15 bits per heavy atom. The molecular weight excluding hydrogens is 224 g/mol. The molecule has 7 heteroatoms. The van der Waals surface area contributed by atoms with Crippen LogP contribution in [0.4, 0.5) is 0 Å². The molecule has 0 N–H and O–H groups in total. The van der Waals surface area contributed by atoms with Gasteiger partial charge in [0.2, 0.25) is 8.19 Å². The van der Waals surface area contributed by atoms with Crippen molar-refractivity contribution in [1.29, 1.82) is 0 Å². The van der Waals surface area contributed by atoms with Crippen molar-refractivity contribution in [3.05, 3.63) is 0 Å². The van der Waals surface area contributed by atoms with E-state index in [1.165, 1.54) is 21.3 Å². The van der Waals surface area contributed by atoms with Gasteiger partial charge in [0.15, 0.2) is 0 Å². The first-order chi connectivity index (χ1) is 6.14. The molecule has 0 aliphatic heterocycles. The summed E-state index contributed by atoms with van der Waals surface area (Å²) in [6.07, 6.45) is 1.06. The molecule has 0 heterocycles. The van der Waals surface area contributed by atoms with Gasteiger partial charge in [-0.3, -0.25) is 0 Å². The Morgan fingerprint density at radius 2 is 1.62 bits per heavy atom. The summed E-state index contributed by atoms with van der Waals surface area (Å²) in [4.78, 5) is 0. The SMILES string of the molecule is CCC[SiH](S)O[Si](OC)(OC)OC. The lowest BCUT2D eigenvalue weighted by molar-refractivity contribution is 0.0516. The van der Waals surface area contributed by atoms with E-state index in [1.54, 1.807) is 0 Å². The van der Waals surface area contributed by atoms with Crippen LogP contribution in [0.3, 0.4) is 0 Å². The molecule has 1 unspecified atom stereocenters. The standard InChI is InChI=1S/C6H18O4SSi2/c1-5-6-12(11)10-13(7-2,8-3)9-4/h11-12H,5-6H2,1-4H3. The molecule has 0 bridgehead atoms. The Kier molecular flexibility index (Phi) is 7.32. The molecule has 0 aliphatic carbocycles. The lowest BCUT2D eigenvalue weighted by atomic mass is 10.6. The van der Waals surface area contributed by atoms with Crippen molar-refractivity contribution in [2.75, 3.05) is 21.3 Å². The summed E-state index contributed by atoms with van der Waals surface area (Å²) < 4.78 is 20.9. The van der Waals surface area contributed by atoms with Crippen molar-refractivity contribution in [2.24, 2.45) is 0 Å². The second kappa shape index (κ2) is 6.99. The summed E-state index contributed by atoms with van der Waals surface area (Å²) in [6, 6.07) is 0.980. The smallest absolute Gasteiger partial charge is 0.387 e. The summed E-state index contributed by atoms with van der Waals surface area (Å²) in [5.74, 6) is 0. The average molecular weight is 242 g/mol. The summed E-state index contributed by atoms with van der Waals surface area (Å²) in [7, 11) is 0.252. The van der Waals surface area contributed by atoms with Crippen molar-refractivity contribution in [1.82, 2.24) is 0 Å². The number of hydrogen-bond acceptors (Lipinski definition) is 5. The van der Waals surface area contributed by atoms with Gasteiger partial charge >= 0.3 is 9.05 Å². The van der Waals surface area contributed by atoms with E-state index >= 15 is 0 Å². The first-order valence-corrected chi connectivity index (χ1v) is 9.14. The highest BCUT2D eigenvalue weighted by molar-refractivity contribution is 8.09. The van der Waals surface area contributed by atoms with Crippen LogP contribution < -0.4 is 0 Å². The monoisotopic (exact) mass is 242 g/mol. The Labute approximate surface area is 87.8 Å². The quantitative estimate of drug-likeness (QED) is 0.532. The third-order valence-corrected chi connectivity index (χ3v) is 8.10. The van der Waals surface area contributed by atoms with Crippen molar-refractivity contribution in [2.45, 2.75) is 19.4 Å². The van der Waals surface area contributed by atoms with Crippen molar-refractivity contribution >= 4 is 29.3 Å². The highest BCUT2D eigenvalue weighted by atomic mass is 32.3. The fraction of sp³-hybridized carbons (Fsp3) is 1.00. The molecule has 0 aromatic heterocycles. The van der Waals surface area contributed by atoms with E-state index in [1.807, 2.05) is 0 Å². The summed E-state index contributed by atoms with van der Waals surface area (Å²) >= 11 is 4.38. The molecule has 0 aromatic rings. The van der Waals surface area contributed by atoms with E-state index in [2.05, 4.69) is 19.0 Å². The van der Waals surface area contributed by atoms with E-state index in [0.717, 1.165) is 12.5 Å². The predicted octanol–water partition coefficient (Wildman–Crippen LogP) is 0.938. The minimum Gasteiger partial charge on any atom is -0.387 e. The number of hydrogen-bond donors (Lipinski definition) is 1. The molecular formula is C6H18O4SSi2. The second-order valence-corrected chi connectivity index (χ2v) is 8.86. The molecule has 4 nitrogen and oxygen atoms in total. The zero-order chi connectivity index (χ0) is 10.3. The lowest BCUT2D eigenvalue weighted by Gasteiger charge is -2.25. The fourth-order valence-electron chi connectivity index (χ4n) is 0.867. The maximum absolute atomic E-state index is 5.60. The molecule has 80 valence electrons. The zero-order valence-electron chi connectivity index (χ0n) is 8.57. The summed E-state index contributed by atoms with van der Waals surface area (Å²) in [6.45, 7) is 2.09. The van der Waals surface area contributed by atoms with Crippen LogP contribution in [-0.4, -0.2) is 38.6 Å². The van der Waals surface area contributed by atoms with Crippen LogP contribution >= 0.6 is 12.1 Å². The van der Waals surface area contributed by atoms with Crippen LogP contribution in [0.15, 0.2) is 0 Å². The Morgan fingerprint density at radius 3 is 1.92 bits per heavy atom. The predicted molar refractivity (Wildman–Crippen MR) is 59.1 cm³/mol. The Hall–Kier alpha value is 0.624. The van der Waals surface area contributed by atoms with Gasteiger partial charge in [-0.25, -0.2) is 0 Å². The van der Waals surface area contributed by atoms with Gasteiger partial charge < -0.3 is 17.4 Å². The molecule has 13 heavy (non-hydrogen) atoms. The van der Waals surface area contributed by atoms with Crippen LogP contribution in [0.2, 0.25) is 6.04 Å². The zero-order valence-corrected chi connectivity index (χ0v) is 11.6. The fourth-order valence-corrected chi connectivity index (χ4v) is 6.76. The topological polar surface area (TPSA) is 36.9 Å². The molecule has 0 rings (SSSR count). The molecule has 0 saturated heterocycles. The molecule has 1 atom stereocenters. The first kappa shape index (κ1) is 13.6. The van der Waals surface area contributed by atoms with Gasteiger partial charge in [-0.05, 0) is 6.04 Å². The van der Waals surface area contributed by atoms with Crippen molar-refractivity contribution in [3.8, 4) is 0 Å². The number of thiol groups is 1. The van der Waals surface area contributed by atoms with Gasteiger partial charge in [0.05, 0.1) is 0 Å². The van der Waals surface area contributed by atoms with Crippen molar-refractivity contribution in [3.63, 3.8) is 0 Å². The molecule has 0 fully saturated rings. The summed E-state index contributed by atoms with van der Waals surface area (Å²) in [5, 5.41) is 0. The Balaban J connectivity index is 4.07. The Bertz CT molecular complexity index is 126. The van der Waals surface area contributed by atoms with Crippen LogP contribution in [0, 0.1) is 0 Å². The minimum atomic E-state index is -2.83. The van der Waals surface area contributed by atoms with Crippen LogP contribution in [0.25, 0.3) is 0 Å². The minimum absolute atomic E-state index is 0.980. The molecule has 0 radical (unpaired) electrons. The first-order valence-electron chi connectivity index (χ1n) is 4.15. The number of rotatable bonds is 7. The van der Waals surface area contributed by atoms with E-state index in [4.69, 9.17) is 17.4 Å². The van der Waals surface area contributed by atoms with E-state index < -0.39 is 17.2 Å². The largest absolute Gasteiger partial charge is 0.668 e. The third kappa shape index (κ3) is 4.59. The second-order valence-electron chi connectivity index (χ2n) is 2.47. The van der Waals surface area contributed by atoms with Gasteiger partial charge in [-0.2, -0.15) is 12.1 Å². The lowest BCUT2D eigenvalue weighted by Crippen LogP contribution is -2.49. The highest BCUT2D eigenvalue weighted by Gasteiger charge is 2.43. The summed E-state index contributed by atoms with van der Waals surface area (Å²) in [5.41, 5.74) is 0. The van der Waals surface area contributed by atoms with Gasteiger partial charge in [-0.15, -0.1) is 0 Å². The molecule has 0 spiro atoms. The van der Waals surface area contributed by atoms with Gasteiger partial charge in [0, 0.05) is 21.3 Å². The average Bonchev–Trinajstić information content (AvgIpc) is 2.15. The molecule has 0 amide bonds. The molecule has 0 saturated carbocycles. The molecule has 0 aliphatic rings.